The first-order chi connectivity index (χ1) is 9.51. The average Bonchev–Trinajstić information content (AvgIpc) is 2.41. The molecule has 0 saturated carbocycles. The zero-order chi connectivity index (χ0) is 14.7. The number of nitrogens with one attached hydrogen (secondary N) is 1. The molecule has 0 radical (unpaired) electrons. The van der Waals surface area contributed by atoms with Crippen molar-refractivity contribution >= 4 is 43.5 Å². The Morgan fingerprint density at radius 1 is 1.20 bits per heavy atom. The Morgan fingerprint density at radius 3 is 2.60 bits per heavy atom. The second-order valence-corrected chi connectivity index (χ2v) is 6.62. The van der Waals surface area contributed by atoms with Crippen LogP contribution in [-0.2, 0) is 6.42 Å². The van der Waals surface area contributed by atoms with Crippen molar-refractivity contribution in [3.8, 4) is 0 Å². The molecule has 0 aliphatic rings. The van der Waals surface area contributed by atoms with Crippen LogP contribution < -0.4 is 5.32 Å². The monoisotopic (exact) mass is 419 g/mol. The zero-order valence-corrected chi connectivity index (χ0v) is 14.7. The molecule has 1 N–H and O–H groups in total. The highest BCUT2D eigenvalue weighted by Crippen LogP contribution is 2.30. The first-order valence-corrected chi connectivity index (χ1v) is 8.04. The molecule has 0 saturated heterocycles. The Morgan fingerprint density at radius 2 is 1.95 bits per heavy atom. The number of hydrogen-bond donors (Lipinski definition) is 1. The molecule has 0 bridgehead atoms. The molecule has 0 amide bonds. The Hall–Kier alpha value is -0.420. The number of rotatable bonds is 4. The van der Waals surface area contributed by atoms with E-state index in [2.05, 4.69) is 37.2 Å². The lowest BCUT2D eigenvalue weighted by molar-refractivity contribution is 0.575. The lowest BCUT2D eigenvalue weighted by Crippen LogP contribution is -2.19. The van der Waals surface area contributed by atoms with Gasteiger partial charge in [0.15, 0.2) is 0 Å². The van der Waals surface area contributed by atoms with Crippen molar-refractivity contribution in [2.24, 2.45) is 0 Å². The second kappa shape index (κ2) is 7.03. The van der Waals surface area contributed by atoms with Crippen molar-refractivity contribution in [1.82, 2.24) is 5.32 Å². The van der Waals surface area contributed by atoms with Crippen molar-refractivity contribution in [2.75, 3.05) is 7.05 Å². The van der Waals surface area contributed by atoms with Gasteiger partial charge in [-0.3, -0.25) is 0 Å². The zero-order valence-electron chi connectivity index (χ0n) is 10.8. The predicted octanol–water partition coefficient (Wildman–Crippen LogP) is 5.51. The van der Waals surface area contributed by atoms with Crippen LogP contribution in [0, 0.1) is 5.82 Å². The highest BCUT2D eigenvalue weighted by Gasteiger charge is 2.16. The van der Waals surface area contributed by atoms with Gasteiger partial charge in [0, 0.05) is 20.0 Å². The van der Waals surface area contributed by atoms with E-state index in [0.29, 0.717) is 11.4 Å². The first kappa shape index (κ1) is 16.0. The van der Waals surface area contributed by atoms with Crippen LogP contribution in [0.25, 0.3) is 0 Å². The molecule has 2 rings (SSSR count). The van der Waals surface area contributed by atoms with Crippen molar-refractivity contribution < 1.29 is 4.39 Å². The molecule has 0 heterocycles. The molecule has 0 aliphatic carbocycles. The second-order valence-electron chi connectivity index (χ2n) is 4.45. The van der Waals surface area contributed by atoms with Gasteiger partial charge < -0.3 is 5.32 Å². The third kappa shape index (κ3) is 3.82. The minimum absolute atomic E-state index is 0.0150. The summed E-state index contributed by atoms with van der Waals surface area (Å²) in [6.45, 7) is 0. The Kier molecular flexibility index (Phi) is 5.61. The number of benzene rings is 2. The molecule has 0 aliphatic heterocycles. The molecule has 1 atom stereocenters. The third-order valence-electron chi connectivity index (χ3n) is 3.12. The molecule has 0 aromatic heterocycles. The maximum atomic E-state index is 13.4. The highest BCUT2D eigenvalue weighted by atomic mass is 79.9. The van der Waals surface area contributed by atoms with Crippen LogP contribution in [0.2, 0.25) is 5.02 Å². The topological polar surface area (TPSA) is 12.0 Å². The molecular formula is C15H13Br2ClFN. The molecule has 2 aromatic rings. The van der Waals surface area contributed by atoms with Gasteiger partial charge >= 0.3 is 0 Å². The lowest BCUT2D eigenvalue weighted by Gasteiger charge is -2.19. The van der Waals surface area contributed by atoms with Gasteiger partial charge in [0.25, 0.3) is 0 Å². The van der Waals surface area contributed by atoms with E-state index in [1.165, 1.54) is 12.1 Å². The maximum Gasteiger partial charge on any atom is 0.123 e. The molecular weight excluding hydrogens is 408 g/mol. The molecule has 2 aromatic carbocycles. The van der Waals surface area contributed by atoms with Gasteiger partial charge in [-0.15, -0.1) is 0 Å². The molecule has 0 fully saturated rings. The number of halogens is 4. The predicted molar refractivity (Wildman–Crippen MR) is 88.8 cm³/mol. The first-order valence-electron chi connectivity index (χ1n) is 6.07. The molecule has 5 heteroatoms. The summed E-state index contributed by atoms with van der Waals surface area (Å²) in [4.78, 5) is 0. The normalized spacial score (nSPS) is 12.4. The molecule has 106 valence electrons. The van der Waals surface area contributed by atoms with Crippen LogP contribution in [0.15, 0.2) is 45.3 Å². The fraction of sp³-hybridized carbons (Fsp3) is 0.200. The van der Waals surface area contributed by atoms with Crippen molar-refractivity contribution in [3.05, 3.63) is 67.3 Å². The fourth-order valence-corrected chi connectivity index (χ4v) is 3.33. The summed E-state index contributed by atoms with van der Waals surface area (Å²) in [6, 6.07) is 10.5. The molecule has 0 spiro atoms. The van der Waals surface area contributed by atoms with Crippen molar-refractivity contribution in [3.63, 3.8) is 0 Å². The van der Waals surface area contributed by atoms with Crippen molar-refractivity contribution in [2.45, 2.75) is 12.5 Å². The fourth-order valence-electron chi connectivity index (χ4n) is 2.06. The van der Waals surface area contributed by atoms with Crippen LogP contribution in [-0.4, -0.2) is 7.05 Å². The minimum atomic E-state index is -0.245. The number of hydrogen-bond acceptors (Lipinski definition) is 1. The maximum absolute atomic E-state index is 13.4. The van der Waals surface area contributed by atoms with Crippen molar-refractivity contribution in [1.29, 1.82) is 0 Å². The standard InChI is InChI=1S/C15H13Br2ClFN/c1-20-15(12-8-11(19)4-5-13(12)17)6-9-2-3-10(16)7-14(9)18/h2-5,7-8,15,20H,6H2,1H3. The number of likely N-dealkylation sites (N-methyl/N-ethyl adjacent to an activating group) is 1. The van der Waals surface area contributed by atoms with Crippen LogP contribution in [0.4, 0.5) is 4.39 Å². The molecule has 20 heavy (non-hydrogen) atoms. The molecule has 1 unspecified atom stereocenters. The largest absolute Gasteiger partial charge is 0.313 e. The summed E-state index contributed by atoms with van der Waals surface area (Å²) in [6.07, 6.45) is 0.685. The summed E-state index contributed by atoms with van der Waals surface area (Å²) < 4.78 is 15.3. The minimum Gasteiger partial charge on any atom is -0.313 e. The summed E-state index contributed by atoms with van der Waals surface area (Å²) in [5.41, 5.74) is 1.90. The van der Waals surface area contributed by atoms with E-state index in [4.69, 9.17) is 11.6 Å². The van der Waals surface area contributed by atoms with E-state index in [0.717, 1.165) is 20.1 Å². The quantitative estimate of drug-likeness (QED) is 0.687. The van der Waals surface area contributed by atoms with Gasteiger partial charge in [-0.1, -0.05) is 49.5 Å². The van der Waals surface area contributed by atoms with Gasteiger partial charge in [0.2, 0.25) is 0 Å². The van der Waals surface area contributed by atoms with E-state index < -0.39 is 0 Å². The van der Waals surface area contributed by atoms with Gasteiger partial charge in [-0.2, -0.15) is 0 Å². The van der Waals surface area contributed by atoms with Gasteiger partial charge in [0.1, 0.15) is 5.82 Å². The van der Waals surface area contributed by atoms with E-state index in [1.54, 1.807) is 6.07 Å². The van der Waals surface area contributed by atoms with E-state index in [-0.39, 0.29) is 11.9 Å². The summed E-state index contributed by atoms with van der Waals surface area (Å²) in [5, 5.41) is 3.91. The van der Waals surface area contributed by atoms with Gasteiger partial charge in [-0.25, -0.2) is 4.39 Å². The van der Waals surface area contributed by atoms with Crippen LogP contribution in [0.1, 0.15) is 17.2 Å². The summed E-state index contributed by atoms with van der Waals surface area (Å²) in [7, 11) is 1.86. The van der Waals surface area contributed by atoms with E-state index >= 15 is 0 Å². The van der Waals surface area contributed by atoms with E-state index in [1.807, 2.05) is 25.2 Å². The Balaban J connectivity index is 2.31. The van der Waals surface area contributed by atoms with E-state index in [9.17, 15) is 4.39 Å². The van der Waals surface area contributed by atoms with Crippen LogP contribution in [0.3, 0.4) is 0 Å². The highest BCUT2D eigenvalue weighted by molar-refractivity contribution is 9.10. The third-order valence-corrected chi connectivity index (χ3v) is 4.69. The summed E-state index contributed by atoms with van der Waals surface area (Å²) >= 11 is 13.1. The average molecular weight is 422 g/mol. The van der Waals surface area contributed by atoms with Crippen LogP contribution >= 0.6 is 43.5 Å². The lowest BCUT2D eigenvalue weighted by atomic mass is 9.99. The van der Waals surface area contributed by atoms with Crippen LogP contribution in [0.5, 0.6) is 0 Å². The summed E-state index contributed by atoms with van der Waals surface area (Å²) in [5.74, 6) is -0.245. The van der Waals surface area contributed by atoms with Gasteiger partial charge in [0.05, 0.1) is 0 Å². The Labute approximate surface area is 139 Å². The smallest absolute Gasteiger partial charge is 0.123 e. The Bertz CT molecular complexity index is 619. The SMILES string of the molecule is CNC(Cc1ccc(Br)cc1Cl)c1cc(F)ccc1Br. The van der Waals surface area contributed by atoms with Gasteiger partial charge in [-0.05, 0) is 54.9 Å². The molecule has 1 nitrogen and oxygen atoms in total.